The zero-order valence-electron chi connectivity index (χ0n) is 10.4. The van der Waals surface area contributed by atoms with Crippen molar-refractivity contribution in [2.45, 2.75) is 19.4 Å². The van der Waals surface area contributed by atoms with Gasteiger partial charge in [0.1, 0.15) is 0 Å². The molecule has 5 heteroatoms. The Hall–Kier alpha value is -1.81. The third kappa shape index (κ3) is 2.63. The largest absolute Gasteiger partial charge is 0.347 e. The molecule has 3 rings (SSSR count). The number of amides is 1. The number of nitrogens with zero attached hydrogens (tertiary/aromatic N) is 2. The molecule has 1 amide bonds. The number of hydrogen-bond donors (Lipinski definition) is 1. The molecule has 1 aromatic carbocycles. The number of rotatable bonds is 2. The summed E-state index contributed by atoms with van der Waals surface area (Å²) in [6.45, 7) is 1.37. The summed E-state index contributed by atoms with van der Waals surface area (Å²) < 4.78 is 0. The number of halogens is 1. The number of imidazole rings is 1. The summed E-state index contributed by atoms with van der Waals surface area (Å²) in [5.74, 6) is 0.141. The summed E-state index contributed by atoms with van der Waals surface area (Å²) in [5, 5.41) is 0.691. The van der Waals surface area contributed by atoms with Crippen molar-refractivity contribution in [1.82, 2.24) is 14.9 Å². The van der Waals surface area contributed by atoms with Crippen LogP contribution in [0.1, 0.15) is 17.0 Å². The summed E-state index contributed by atoms with van der Waals surface area (Å²) >= 11 is 5.83. The molecule has 0 radical (unpaired) electrons. The van der Waals surface area contributed by atoms with Gasteiger partial charge in [0.25, 0.3) is 0 Å². The highest BCUT2D eigenvalue weighted by atomic mass is 35.5. The molecule has 0 saturated heterocycles. The Balaban J connectivity index is 1.67. The number of carbonyl (C=O) groups is 1. The molecule has 0 unspecified atom stereocenters. The Morgan fingerprint density at radius 3 is 2.95 bits per heavy atom. The van der Waals surface area contributed by atoms with Crippen molar-refractivity contribution in [2.75, 3.05) is 6.54 Å². The Bertz CT molecular complexity index is 591. The van der Waals surface area contributed by atoms with Crippen LogP contribution in [0.25, 0.3) is 0 Å². The molecule has 2 aromatic rings. The molecule has 98 valence electrons. The molecular formula is C14H14ClN3O. The van der Waals surface area contributed by atoms with Crippen molar-refractivity contribution in [2.24, 2.45) is 0 Å². The SMILES string of the molecule is O=C(Cc1ccc(Cl)cc1)N1CCc2nc[nH]c2C1. The molecule has 19 heavy (non-hydrogen) atoms. The van der Waals surface area contributed by atoms with Gasteiger partial charge in [-0.05, 0) is 17.7 Å². The first kappa shape index (κ1) is 12.2. The Labute approximate surface area is 116 Å². The van der Waals surface area contributed by atoms with Crippen LogP contribution in [0.4, 0.5) is 0 Å². The van der Waals surface area contributed by atoms with Gasteiger partial charge in [0.15, 0.2) is 0 Å². The number of nitrogens with one attached hydrogen (secondary N) is 1. The fourth-order valence-corrected chi connectivity index (χ4v) is 2.44. The van der Waals surface area contributed by atoms with Crippen molar-refractivity contribution in [3.05, 3.63) is 52.6 Å². The predicted molar refractivity (Wildman–Crippen MR) is 72.9 cm³/mol. The van der Waals surface area contributed by atoms with E-state index in [0.29, 0.717) is 18.0 Å². The van der Waals surface area contributed by atoms with Crippen molar-refractivity contribution in [3.63, 3.8) is 0 Å². The van der Waals surface area contributed by atoms with Crippen molar-refractivity contribution < 1.29 is 4.79 Å². The van der Waals surface area contributed by atoms with Gasteiger partial charge in [-0.3, -0.25) is 4.79 Å². The van der Waals surface area contributed by atoms with E-state index in [0.717, 1.165) is 29.9 Å². The van der Waals surface area contributed by atoms with Crippen LogP contribution in [0.15, 0.2) is 30.6 Å². The van der Waals surface area contributed by atoms with E-state index < -0.39 is 0 Å². The van der Waals surface area contributed by atoms with Crippen LogP contribution in [0.5, 0.6) is 0 Å². The first-order valence-electron chi connectivity index (χ1n) is 6.26. The van der Waals surface area contributed by atoms with Gasteiger partial charge in [-0.25, -0.2) is 4.98 Å². The lowest BCUT2D eigenvalue weighted by molar-refractivity contribution is -0.131. The maximum atomic E-state index is 12.2. The van der Waals surface area contributed by atoms with Crippen molar-refractivity contribution >= 4 is 17.5 Å². The number of aromatic amines is 1. The third-order valence-corrected chi connectivity index (χ3v) is 3.65. The number of H-pyrrole nitrogens is 1. The summed E-state index contributed by atoms with van der Waals surface area (Å²) in [6.07, 6.45) is 2.93. The van der Waals surface area contributed by atoms with E-state index in [1.807, 2.05) is 29.2 Å². The minimum atomic E-state index is 0.141. The first-order chi connectivity index (χ1) is 9.22. The van der Waals surface area contributed by atoms with Crippen LogP contribution in [-0.4, -0.2) is 27.3 Å². The molecule has 1 aromatic heterocycles. The maximum Gasteiger partial charge on any atom is 0.227 e. The lowest BCUT2D eigenvalue weighted by Crippen LogP contribution is -2.37. The number of hydrogen-bond acceptors (Lipinski definition) is 2. The number of aromatic nitrogens is 2. The van der Waals surface area contributed by atoms with E-state index in [2.05, 4.69) is 9.97 Å². The molecule has 2 heterocycles. The number of carbonyl (C=O) groups excluding carboxylic acids is 1. The van der Waals surface area contributed by atoms with Crippen LogP contribution in [-0.2, 0) is 24.2 Å². The molecule has 1 N–H and O–H groups in total. The number of fused-ring (bicyclic) bond motifs is 1. The normalized spacial score (nSPS) is 14.3. The molecular weight excluding hydrogens is 262 g/mol. The summed E-state index contributed by atoms with van der Waals surface area (Å²) in [5.41, 5.74) is 3.12. The van der Waals surface area contributed by atoms with E-state index >= 15 is 0 Å². The highest BCUT2D eigenvalue weighted by Crippen LogP contribution is 2.16. The molecule has 0 saturated carbocycles. The van der Waals surface area contributed by atoms with Gasteiger partial charge >= 0.3 is 0 Å². The lowest BCUT2D eigenvalue weighted by Gasteiger charge is -2.26. The van der Waals surface area contributed by atoms with Gasteiger partial charge in [0.05, 0.1) is 30.7 Å². The molecule has 0 spiro atoms. The Morgan fingerprint density at radius 1 is 1.37 bits per heavy atom. The molecule has 4 nitrogen and oxygen atoms in total. The second kappa shape index (κ2) is 5.05. The van der Waals surface area contributed by atoms with Gasteiger partial charge in [0.2, 0.25) is 5.91 Å². The van der Waals surface area contributed by atoms with E-state index in [1.54, 1.807) is 6.33 Å². The molecule has 0 aliphatic carbocycles. The quantitative estimate of drug-likeness (QED) is 0.913. The van der Waals surface area contributed by atoms with Gasteiger partial charge < -0.3 is 9.88 Å². The van der Waals surface area contributed by atoms with Gasteiger partial charge in [-0.2, -0.15) is 0 Å². The van der Waals surface area contributed by atoms with E-state index in [1.165, 1.54) is 0 Å². The average molecular weight is 276 g/mol. The van der Waals surface area contributed by atoms with Crippen molar-refractivity contribution in [1.29, 1.82) is 0 Å². The Kier molecular flexibility index (Phi) is 3.25. The maximum absolute atomic E-state index is 12.2. The standard InChI is InChI=1S/C14H14ClN3O/c15-11-3-1-10(2-4-11)7-14(19)18-6-5-12-13(8-18)17-9-16-12/h1-4,9H,5-8H2,(H,16,17). The Morgan fingerprint density at radius 2 is 2.16 bits per heavy atom. The highest BCUT2D eigenvalue weighted by Gasteiger charge is 2.22. The van der Waals surface area contributed by atoms with E-state index in [4.69, 9.17) is 11.6 Å². The first-order valence-corrected chi connectivity index (χ1v) is 6.63. The van der Waals surface area contributed by atoms with Crippen molar-refractivity contribution in [3.8, 4) is 0 Å². The zero-order valence-corrected chi connectivity index (χ0v) is 11.2. The van der Waals surface area contributed by atoms with Crippen LogP contribution < -0.4 is 0 Å². The number of benzene rings is 1. The summed E-state index contributed by atoms with van der Waals surface area (Å²) in [4.78, 5) is 21.4. The highest BCUT2D eigenvalue weighted by molar-refractivity contribution is 6.30. The molecule has 1 aliphatic rings. The summed E-state index contributed by atoms with van der Waals surface area (Å²) in [6, 6.07) is 7.42. The minimum absolute atomic E-state index is 0.141. The average Bonchev–Trinajstić information content (AvgIpc) is 2.88. The minimum Gasteiger partial charge on any atom is -0.347 e. The van der Waals surface area contributed by atoms with Crippen LogP contribution in [0.2, 0.25) is 5.02 Å². The van der Waals surface area contributed by atoms with Crippen LogP contribution in [0.3, 0.4) is 0 Å². The van der Waals surface area contributed by atoms with E-state index in [9.17, 15) is 4.79 Å². The molecule has 0 atom stereocenters. The second-order valence-electron chi connectivity index (χ2n) is 4.70. The zero-order chi connectivity index (χ0) is 13.2. The predicted octanol–water partition coefficient (Wildman–Crippen LogP) is 2.19. The van der Waals surface area contributed by atoms with Gasteiger partial charge in [-0.1, -0.05) is 23.7 Å². The second-order valence-corrected chi connectivity index (χ2v) is 5.13. The van der Waals surface area contributed by atoms with Gasteiger partial charge in [0, 0.05) is 18.0 Å². The molecule has 1 aliphatic heterocycles. The smallest absolute Gasteiger partial charge is 0.227 e. The fourth-order valence-electron chi connectivity index (χ4n) is 2.31. The molecule has 0 fully saturated rings. The van der Waals surface area contributed by atoms with Crippen LogP contribution in [0, 0.1) is 0 Å². The lowest BCUT2D eigenvalue weighted by atomic mass is 10.1. The topological polar surface area (TPSA) is 49.0 Å². The van der Waals surface area contributed by atoms with Crippen LogP contribution >= 0.6 is 11.6 Å². The fraction of sp³-hybridized carbons (Fsp3) is 0.286. The monoisotopic (exact) mass is 275 g/mol. The third-order valence-electron chi connectivity index (χ3n) is 3.40. The van der Waals surface area contributed by atoms with Gasteiger partial charge in [-0.15, -0.1) is 0 Å². The summed E-state index contributed by atoms with van der Waals surface area (Å²) in [7, 11) is 0. The van der Waals surface area contributed by atoms with E-state index in [-0.39, 0.29) is 5.91 Å². The molecule has 0 bridgehead atoms.